The van der Waals surface area contributed by atoms with E-state index in [4.69, 9.17) is 4.55 Å². The fourth-order valence-corrected chi connectivity index (χ4v) is 1.43. The molecule has 2 N–H and O–H groups in total. The molecule has 0 bridgehead atoms. The van der Waals surface area contributed by atoms with Gasteiger partial charge < -0.3 is 5.32 Å². The summed E-state index contributed by atoms with van der Waals surface area (Å²) < 4.78 is 149. The van der Waals surface area contributed by atoms with E-state index in [2.05, 4.69) is 18.5 Å². The molecule has 0 heterocycles. The SMILES string of the molecule is C=CCNCC=C.O=S(=O)(O)C(F)(F)C(F)(F)C(F)(F)C(F)(F)C(F)F. The highest BCUT2D eigenvalue weighted by molar-refractivity contribution is 7.87. The molecule has 0 saturated heterocycles. The van der Waals surface area contributed by atoms with Crippen molar-refractivity contribution in [3.63, 3.8) is 0 Å². The van der Waals surface area contributed by atoms with Crippen LogP contribution in [0.15, 0.2) is 25.3 Å². The zero-order chi connectivity index (χ0) is 21.6. The first-order chi connectivity index (χ1) is 11.4. The number of hydrogen-bond acceptors (Lipinski definition) is 3. The molecule has 26 heavy (non-hydrogen) atoms. The summed E-state index contributed by atoms with van der Waals surface area (Å²) in [5, 5.41) is -4.06. The van der Waals surface area contributed by atoms with Crippen molar-refractivity contribution in [3.05, 3.63) is 25.3 Å². The summed E-state index contributed by atoms with van der Waals surface area (Å²) in [6, 6.07) is 0. The van der Waals surface area contributed by atoms with Gasteiger partial charge in [0.25, 0.3) is 0 Å². The summed E-state index contributed by atoms with van der Waals surface area (Å²) in [4.78, 5) is 0. The molecule has 0 aromatic carbocycles. The summed E-state index contributed by atoms with van der Waals surface area (Å²) in [5.74, 6) is -21.9. The van der Waals surface area contributed by atoms with E-state index in [0.29, 0.717) is 0 Å². The van der Waals surface area contributed by atoms with Crippen molar-refractivity contribution in [1.82, 2.24) is 5.32 Å². The van der Waals surface area contributed by atoms with Crippen LogP contribution in [0.1, 0.15) is 0 Å². The summed E-state index contributed by atoms with van der Waals surface area (Å²) in [7, 11) is -7.27. The zero-order valence-corrected chi connectivity index (χ0v) is 13.3. The van der Waals surface area contributed by atoms with Gasteiger partial charge in [-0.1, -0.05) is 12.2 Å². The van der Waals surface area contributed by atoms with Crippen molar-refractivity contribution in [2.75, 3.05) is 13.1 Å². The average Bonchev–Trinajstić information content (AvgIpc) is 2.46. The quantitative estimate of drug-likeness (QED) is 0.255. The number of halogens is 10. The van der Waals surface area contributed by atoms with Gasteiger partial charge in [0.2, 0.25) is 0 Å². The van der Waals surface area contributed by atoms with E-state index in [9.17, 15) is 52.3 Å². The number of nitrogens with one attached hydrogen (secondary N) is 1. The van der Waals surface area contributed by atoms with Gasteiger partial charge in [-0.25, -0.2) is 8.78 Å². The predicted molar refractivity (Wildman–Crippen MR) is 70.6 cm³/mol. The first-order valence-corrected chi connectivity index (χ1v) is 7.49. The molecule has 0 aliphatic heterocycles. The van der Waals surface area contributed by atoms with Crippen molar-refractivity contribution >= 4 is 10.1 Å². The lowest BCUT2D eigenvalue weighted by Gasteiger charge is -2.34. The van der Waals surface area contributed by atoms with E-state index < -0.39 is 39.6 Å². The minimum absolute atomic E-state index is 0.867. The Morgan fingerprint density at radius 1 is 0.885 bits per heavy atom. The Kier molecular flexibility index (Phi) is 9.34. The van der Waals surface area contributed by atoms with E-state index >= 15 is 0 Å². The third kappa shape index (κ3) is 5.33. The largest absolute Gasteiger partial charge is 0.438 e. The Morgan fingerprint density at radius 2 is 1.23 bits per heavy atom. The van der Waals surface area contributed by atoms with Gasteiger partial charge in [0, 0.05) is 13.1 Å². The Bertz CT molecular complexity index is 569. The molecule has 0 spiro atoms. The molecule has 0 aromatic rings. The fourth-order valence-electron chi connectivity index (χ4n) is 0.979. The van der Waals surface area contributed by atoms with E-state index in [0.717, 1.165) is 13.1 Å². The monoisotopic (exact) mass is 429 g/mol. The van der Waals surface area contributed by atoms with Crippen molar-refractivity contribution in [2.45, 2.75) is 29.4 Å². The Balaban J connectivity index is 0. The Hall–Kier alpha value is -1.35. The molecule has 0 aliphatic carbocycles. The fraction of sp³-hybridized carbons (Fsp3) is 0.636. The minimum Gasteiger partial charge on any atom is -0.310 e. The lowest BCUT2D eigenvalue weighted by atomic mass is 10.1. The van der Waals surface area contributed by atoms with Crippen LogP contribution in [0.25, 0.3) is 0 Å². The van der Waals surface area contributed by atoms with Gasteiger partial charge in [-0.3, -0.25) is 4.55 Å². The maximum atomic E-state index is 12.5. The van der Waals surface area contributed by atoms with Crippen LogP contribution < -0.4 is 5.32 Å². The molecule has 15 heteroatoms. The van der Waals surface area contributed by atoms with E-state index in [1.54, 1.807) is 0 Å². The molecule has 0 unspecified atom stereocenters. The number of alkyl halides is 10. The molecule has 0 atom stereocenters. The van der Waals surface area contributed by atoms with Crippen LogP contribution in [0, 0.1) is 0 Å². The lowest BCUT2D eigenvalue weighted by Crippen LogP contribution is -2.66. The number of hydrogen-bond donors (Lipinski definition) is 2. The van der Waals surface area contributed by atoms with Gasteiger partial charge in [-0.15, -0.1) is 13.2 Å². The molecule has 0 radical (unpaired) electrons. The zero-order valence-electron chi connectivity index (χ0n) is 12.5. The average molecular weight is 429 g/mol. The smallest absolute Gasteiger partial charge is 0.310 e. The molecule has 0 aliphatic rings. The third-order valence-electron chi connectivity index (χ3n) is 2.35. The number of rotatable bonds is 9. The topological polar surface area (TPSA) is 66.4 Å². The Labute approximate surface area is 141 Å². The molecule has 0 saturated carbocycles. The third-order valence-corrected chi connectivity index (χ3v) is 3.26. The maximum Gasteiger partial charge on any atom is 0.438 e. The van der Waals surface area contributed by atoms with Crippen molar-refractivity contribution in [2.24, 2.45) is 0 Å². The van der Waals surface area contributed by atoms with Crippen LogP contribution in [-0.2, 0) is 10.1 Å². The lowest BCUT2D eigenvalue weighted by molar-refractivity contribution is -0.369. The predicted octanol–water partition coefficient (Wildman–Crippen LogP) is 3.59. The highest BCUT2D eigenvalue weighted by Gasteiger charge is 2.86. The minimum atomic E-state index is -7.49. The van der Waals surface area contributed by atoms with Crippen LogP contribution >= 0.6 is 0 Å². The highest BCUT2D eigenvalue weighted by Crippen LogP contribution is 2.55. The van der Waals surface area contributed by atoms with Gasteiger partial charge in [-0.2, -0.15) is 43.5 Å². The first kappa shape index (κ1) is 26.9. The van der Waals surface area contributed by atoms with Crippen molar-refractivity contribution in [3.8, 4) is 0 Å². The standard InChI is InChI=1S/C6H11N.C5H2F10O3S/c1-3-5-7-6-4-2;6-1(7)2(8,9)3(10,11)4(12,13)5(14,15)19(16,17)18/h3-4,7H,1-2,5-6H2;1H,(H,16,17,18). The summed E-state index contributed by atoms with van der Waals surface area (Å²) in [5.41, 5.74) is 0. The van der Waals surface area contributed by atoms with Crippen LogP contribution in [0.5, 0.6) is 0 Å². The molecule has 0 amide bonds. The van der Waals surface area contributed by atoms with E-state index in [-0.39, 0.29) is 0 Å². The second-order valence-corrected chi connectivity index (χ2v) is 5.76. The summed E-state index contributed by atoms with van der Waals surface area (Å²) in [6.07, 6.45) is -1.85. The van der Waals surface area contributed by atoms with Gasteiger partial charge in [0.1, 0.15) is 0 Å². The molecular formula is C11H13F10NO3S. The second-order valence-electron chi connectivity index (χ2n) is 4.30. The van der Waals surface area contributed by atoms with Gasteiger partial charge in [0.05, 0.1) is 0 Å². The van der Waals surface area contributed by atoms with E-state index in [1.807, 2.05) is 12.2 Å². The van der Waals surface area contributed by atoms with Crippen LogP contribution in [-0.4, -0.2) is 55.5 Å². The van der Waals surface area contributed by atoms with Gasteiger partial charge in [-0.05, 0) is 0 Å². The molecular weight excluding hydrogens is 416 g/mol. The summed E-state index contributed by atoms with van der Waals surface area (Å²) in [6.45, 7) is 8.81. The van der Waals surface area contributed by atoms with Gasteiger partial charge in [0.15, 0.2) is 0 Å². The highest BCUT2D eigenvalue weighted by atomic mass is 32.2. The normalized spacial score (nSPS) is 13.8. The molecule has 0 fully saturated rings. The molecule has 0 aromatic heterocycles. The van der Waals surface area contributed by atoms with Crippen LogP contribution in [0.4, 0.5) is 43.9 Å². The van der Waals surface area contributed by atoms with E-state index in [1.165, 1.54) is 0 Å². The molecule has 0 rings (SSSR count). The summed E-state index contributed by atoms with van der Waals surface area (Å²) >= 11 is 0. The van der Waals surface area contributed by atoms with Crippen molar-refractivity contribution < 1.29 is 56.9 Å². The van der Waals surface area contributed by atoms with Crippen LogP contribution in [0.2, 0.25) is 0 Å². The first-order valence-electron chi connectivity index (χ1n) is 6.05. The van der Waals surface area contributed by atoms with Crippen LogP contribution in [0.3, 0.4) is 0 Å². The molecule has 4 nitrogen and oxygen atoms in total. The molecule has 156 valence electrons. The van der Waals surface area contributed by atoms with Crippen molar-refractivity contribution in [1.29, 1.82) is 0 Å². The second kappa shape index (κ2) is 9.03. The Morgan fingerprint density at radius 3 is 1.46 bits per heavy atom. The van der Waals surface area contributed by atoms with Gasteiger partial charge >= 0.3 is 39.6 Å². The maximum absolute atomic E-state index is 12.5.